The van der Waals surface area contributed by atoms with Gasteiger partial charge in [0.1, 0.15) is 11.4 Å². The fraction of sp³-hybridized carbons (Fsp3) is 0.167. The van der Waals surface area contributed by atoms with Crippen molar-refractivity contribution in [2.24, 2.45) is 0 Å². The highest BCUT2D eigenvalue weighted by Crippen LogP contribution is 2.29. The van der Waals surface area contributed by atoms with Gasteiger partial charge in [0.2, 0.25) is 0 Å². The van der Waals surface area contributed by atoms with Crippen molar-refractivity contribution in [1.29, 1.82) is 0 Å². The van der Waals surface area contributed by atoms with Crippen LogP contribution in [0.4, 0.5) is 0 Å². The Morgan fingerprint density at radius 3 is 2.62 bits per heavy atom. The summed E-state index contributed by atoms with van der Waals surface area (Å²) >= 11 is 3.37. The Bertz CT molecular complexity index is 546. The maximum atomic E-state index is 10.7. The molecule has 0 amide bonds. The second-order valence-electron chi connectivity index (χ2n) is 3.72. The molecule has 3 nitrogen and oxygen atoms in total. The molecule has 1 heterocycles. The van der Waals surface area contributed by atoms with Crippen molar-refractivity contribution in [1.82, 2.24) is 10.2 Å². The van der Waals surface area contributed by atoms with Crippen LogP contribution in [0.1, 0.15) is 21.6 Å². The minimum Gasteiger partial charge on any atom is -0.296 e. The van der Waals surface area contributed by atoms with Gasteiger partial charge in [-0.15, -0.1) is 0 Å². The molecule has 2 aromatic rings. The fourth-order valence-corrected chi connectivity index (χ4v) is 2.00. The van der Waals surface area contributed by atoms with Crippen LogP contribution in [0.5, 0.6) is 0 Å². The van der Waals surface area contributed by atoms with Gasteiger partial charge in [-0.2, -0.15) is 5.10 Å². The molecule has 0 aliphatic carbocycles. The number of carbonyl (C=O) groups is 1. The summed E-state index contributed by atoms with van der Waals surface area (Å²) in [6, 6.07) is 6.11. The summed E-state index contributed by atoms with van der Waals surface area (Å²) < 4.78 is 0.714. The van der Waals surface area contributed by atoms with E-state index in [2.05, 4.69) is 46.0 Å². The molecular weight excluding hydrogens is 268 g/mol. The standard InChI is InChI=1S/C12H11BrN2O/c1-7-3-4-9(5-8(7)2)12-11(13)10(6-16)14-15-12/h3-6H,1-2H3,(H,14,15). The number of nitrogens with zero attached hydrogens (tertiary/aromatic N) is 1. The molecule has 0 aliphatic rings. The number of aryl methyl sites for hydroxylation is 2. The Hall–Kier alpha value is -1.42. The van der Waals surface area contributed by atoms with Gasteiger partial charge in [-0.1, -0.05) is 12.1 Å². The SMILES string of the molecule is Cc1ccc(-c2n[nH]c(C=O)c2Br)cc1C. The number of aromatic nitrogens is 2. The zero-order valence-corrected chi connectivity index (χ0v) is 10.6. The molecule has 0 saturated heterocycles. The van der Waals surface area contributed by atoms with E-state index >= 15 is 0 Å². The summed E-state index contributed by atoms with van der Waals surface area (Å²) in [5, 5.41) is 6.82. The summed E-state index contributed by atoms with van der Waals surface area (Å²) in [5.74, 6) is 0. The van der Waals surface area contributed by atoms with Crippen LogP contribution in [0.15, 0.2) is 22.7 Å². The monoisotopic (exact) mass is 278 g/mol. The lowest BCUT2D eigenvalue weighted by Gasteiger charge is -2.02. The Balaban J connectivity index is 2.54. The van der Waals surface area contributed by atoms with Gasteiger partial charge in [0.05, 0.1) is 4.47 Å². The first-order chi connectivity index (χ1) is 7.63. The Kier molecular flexibility index (Phi) is 2.92. The second-order valence-corrected chi connectivity index (χ2v) is 4.51. The minimum atomic E-state index is 0.466. The van der Waals surface area contributed by atoms with Crippen molar-refractivity contribution >= 4 is 22.2 Å². The molecule has 1 aromatic heterocycles. The number of carbonyl (C=O) groups excluding carboxylic acids is 1. The molecule has 0 spiro atoms. The lowest BCUT2D eigenvalue weighted by atomic mass is 10.0. The highest BCUT2D eigenvalue weighted by Gasteiger charge is 2.11. The predicted octanol–water partition coefficient (Wildman–Crippen LogP) is 3.27. The molecule has 0 atom stereocenters. The van der Waals surface area contributed by atoms with Crippen LogP contribution in [0.2, 0.25) is 0 Å². The van der Waals surface area contributed by atoms with E-state index in [-0.39, 0.29) is 0 Å². The number of rotatable bonds is 2. The fourth-order valence-electron chi connectivity index (χ4n) is 1.50. The molecule has 0 unspecified atom stereocenters. The maximum Gasteiger partial charge on any atom is 0.169 e. The zero-order valence-electron chi connectivity index (χ0n) is 9.04. The third-order valence-electron chi connectivity index (χ3n) is 2.63. The number of halogens is 1. The number of benzene rings is 1. The minimum absolute atomic E-state index is 0.466. The number of aromatic amines is 1. The lowest BCUT2D eigenvalue weighted by Crippen LogP contribution is -1.84. The molecule has 0 radical (unpaired) electrons. The van der Waals surface area contributed by atoms with Gasteiger partial charge in [0.15, 0.2) is 6.29 Å². The number of nitrogens with one attached hydrogen (secondary N) is 1. The molecule has 0 aliphatic heterocycles. The van der Waals surface area contributed by atoms with E-state index in [4.69, 9.17) is 0 Å². The summed E-state index contributed by atoms with van der Waals surface area (Å²) in [4.78, 5) is 10.7. The van der Waals surface area contributed by atoms with Gasteiger partial charge in [-0.3, -0.25) is 9.89 Å². The quantitative estimate of drug-likeness (QED) is 0.857. The molecule has 1 aromatic carbocycles. The number of H-pyrrole nitrogens is 1. The number of hydrogen-bond donors (Lipinski definition) is 1. The van der Waals surface area contributed by atoms with Crippen molar-refractivity contribution in [3.63, 3.8) is 0 Å². The normalized spacial score (nSPS) is 10.4. The van der Waals surface area contributed by atoms with Crippen LogP contribution in [0.25, 0.3) is 11.3 Å². The molecule has 2 rings (SSSR count). The van der Waals surface area contributed by atoms with Crippen LogP contribution in [-0.4, -0.2) is 16.5 Å². The van der Waals surface area contributed by atoms with Gasteiger partial charge in [-0.05, 0) is 47.0 Å². The van der Waals surface area contributed by atoms with Crippen LogP contribution >= 0.6 is 15.9 Å². The van der Waals surface area contributed by atoms with E-state index in [1.165, 1.54) is 11.1 Å². The Morgan fingerprint density at radius 1 is 1.31 bits per heavy atom. The Labute approximate surface area is 102 Å². The summed E-state index contributed by atoms with van der Waals surface area (Å²) in [6.45, 7) is 4.12. The largest absolute Gasteiger partial charge is 0.296 e. The van der Waals surface area contributed by atoms with Crippen molar-refractivity contribution in [2.45, 2.75) is 13.8 Å². The van der Waals surface area contributed by atoms with Crippen molar-refractivity contribution in [3.8, 4) is 11.3 Å². The zero-order chi connectivity index (χ0) is 11.7. The first kappa shape index (κ1) is 11.1. The van der Waals surface area contributed by atoms with Gasteiger partial charge < -0.3 is 0 Å². The molecule has 82 valence electrons. The number of hydrogen-bond acceptors (Lipinski definition) is 2. The van der Waals surface area contributed by atoms with E-state index < -0.39 is 0 Å². The van der Waals surface area contributed by atoms with Crippen LogP contribution in [0, 0.1) is 13.8 Å². The van der Waals surface area contributed by atoms with Gasteiger partial charge in [-0.25, -0.2) is 0 Å². The van der Waals surface area contributed by atoms with Gasteiger partial charge >= 0.3 is 0 Å². The summed E-state index contributed by atoms with van der Waals surface area (Å²) in [5.41, 5.74) is 4.68. The van der Waals surface area contributed by atoms with E-state index in [0.29, 0.717) is 10.2 Å². The highest BCUT2D eigenvalue weighted by atomic mass is 79.9. The van der Waals surface area contributed by atoms with E-state index in [0.717, 1.165) is 17.5 Å². The lowest BCUT2D eigenvalue weighted by molar-refractivity contribution is 0.111. The molecule has 4 heteroatoms. The summed E-state index contributed by atoms with van der Waals surface area (Å²) in [7, 11) is 0. The van der Waals surface area contributed by atoms with Crippen LogP contribution in [0.3, 0.4) is 0 Å². The second kappa shape index (κ2) is 4.22. The van der Waals surface area contributed by atoms with Crippen LogP contribution in [-0.2, 0) is 0 Å². The van der Waals surface area contributed by atoms with Gasteiger partial charge in [0.25, 0.3) is 0 Å². The average Bonchev–Trinajstić information content (AvgIpc) is 2.64. The van der Waals surface area contributed by atoms with E-state index in [1.54, 1.807) is 0 Å². The summed E-state index contributed by atoms with van der Waals surface area (Å²) in [6.07, 6.45) is 0.752. The smallest absolute Gasteiger partial charge is 0.169 e. The average molecular weight is 279 g/mol. The third-order valence-corrected chi connectivity index (χ3v) is 3.43. The van der Waals surface area contributed by atoms with Crippen molar-refractivity contribution < 1.29 is 4.79 Å². The maximum absolute atomic E-state index is 10.7. The van der Waals surface area contributed by atoms with Crippen molar-refractivity contribution in [2.75, 3.05) is 0 Å². The number of aldehydes is 1. The molecule has 1 N–H and O–H groups in total. The Morgan fingerprint density at radius 2 is 2.06 bits per heavy atom. The highest BCUT2D eigenvalue weighted by molar-refractivity contribution is 9.10. The van der Waals surface area contributed by atoms with Crippen molar-refractivity contribution in [3.05, 3.63) is 39.5 Å². The van der Waals surface area contributed by atoms with E-state index in [9.17, 15) is 4.79 Å². The first-order valence-electron chi connectivity index (χ1n) is 4.90. The molecule has 0 fully saturated rings. The topological polar surface area (TPSA) is 45.8 Å². The van der Waals surface area contributed by atoms with Gasteiger partial charge in [0, 0.05) is 5.56 Å². The third kappa shape index (κ3) is 1.80. The van der Waals surface area contributed by atoms with E-state index in [1.807, 2.05) is 12.1 Å². The predicted molar refractivity (Wildman–Crippen MR) is 66.6 cm³/mol. The molecule has 0 bridgehead atoms. The first-order valence-corrected chi connectivity index (χ1v) is 5.69. The molecule has 16 heavy (non-hydrogen) atoms. The molecular formula is C12H11BrN2O. The molecule has 0 saturated carbocycles. The van der Waals surface area contributed by atoms with Crippen LogP contribution < -0.4 is 0 Å².